The van der Waals surface area contributed by atoms with Crippen LogP contribution in [-0.4, -0.2) is 73.6 Å². The summed E-state index contributed by atoms with van der Waals surface area (Å²) in [6.45, 7) is 23.3. The van der Waals surface area contributed by atoms with Crippen LogP contribution >= 0.6 is 0 Å². The molecule has 0 fully saturated rings. The van der Waals surface area contributed by atoms with E-state index in [2.05, 4.69) is 41.5 Å². The molecule has 0 aliphatic rings. The molecule has 0 unspecified atom stereocenters. The molecule has 4 aromatic carbocycles. The number of carbonyl (C=O) groups excluding carboxylic acids is 6. The van der Waals surface area contributed by atoms with Crippen LogP contribution in [0.3, 0.4) is 0 Å². The van der Waals surface area contributed by atoms with Crippen LogP contribution < -0.4 is 28.4 Å². The van der Waals surface area contributed by atoms with Gasteiger partial charge in [0.1, 0.15) is 36.6 Å². The van der Waals surface area contributed by atoms with Gasteiger partial charge in [-0.2, -0.15) is 0 Å². The Hall–Kier alpha value is -6.72. The monoisotopic (exact) mass is 1260 g/mol. The Kier molecular flexibility index (Phi) is 35.6. The van der Waals surface area contributed by atoms with Crippen molar-refractivity contribution < 1.29 is 85.6 Å². The van der Waals surface area contributed by atoms with E-state index in [0.29, 0.717) is 38.5 Å². The van der Waals surface area contributed by atoms with E-state index in [1.807, 2.05) is 0 Å². The van der Waals surface area contributed by atoms with E-state index in [-0.39, 0.29) is 66.8 Å². The topological polar surface area (TPSA) is 213 Å². The second-order valence-corrected chi connectivity index (χ2v) is 24.3. The fourth-order valence-electron chi connectivity index (χ4n) is 10.7. The molecule has 0 bridgehead atoms. The summed E-state index contributed by atoms with van der Waals surface area (Å²) in [5.74, 6) is -1.53. The van der Waals surface area contributed by atoms with Gasteiger partial charge in [-0.05, 0) is 187 Å². The molecule has 0 N–H and O–H groups in total. The highest BCUT2D eigenvalue weighted by molar-refractivity contribution is 6.27. The zero-order valence-electron chi connectivity index (χ0n) is 56.5. The first-order chi connectivity index (χ1) is 43.3. The maximum absolute atomic E-state index is 13.9. The number of unbranched alkanes of at least 4 members (excludes halogenated alkanes) is 18. The first-order valence-corrected chi connectivity index (χ1v) is 34.2. The van der Waals surface area contributed by atoms with Crippen LogP contribution in [0.2, 0.25) is 0 Å². The largest absolute Gasteiger partial charge is 0.514 e. The Bertz CT molecular complexity index is 2310. The Morgan fingerprint density at radius 2 is 0.367 bits per heavy atom. The van der Waals surface area contributed by atoms with Crippen molar-refractivity contribution in [3.8, 4) is 34.5 Å². The predicted molar refractivity (Wildman–Crippen MR) is 351 cm³/mol. The van der Waals surface area contributed by atoms with E-state index < -0.39 is 73.6 Å². The maximum Gasteiger partial charge on any atom is 0.514 e. The minimum Gasteiger partial charge on any atom is -0.431 e. The number of hydrogen-bond donors (Lipinski definition) is 0. The van der Waals surface area contributed by atoms with Crippen LogP contribution in [0.4, 0.5) is 28.8 Å². The summed E-state index contributed by atoms with van der Waals surface area (Å²) < 4.78 is 70.6. The average molecular weight is 1260 g/mol. The summed E-state index contributed by atoms with van der Waals surface area (Å²) in [5, 5.41) is 1.72. The van der Waals surface area contributed by atoms with E-state index in [9.17, 15) is 28.8 Å². The molecular weight excluding hydrogens is 1150 g/mol. The lowest BCUT2D eigenvalue weighted by Gasteiger charge is -2.20. The van der Waals surface area contributed by atoms with Crippen LogP contribution in [0.1, 0.15) is 276 Å². The number of hydrogen-bond acceptors (Lipinski definition) is 18. The van der Waals surface area contributed by atoms with Gasteiger partial charge in [-0.15, -0.1) is 0 Å². The lowest BCUT2D eigenvalue weighted by molar-refractivity contribution is 0.0532. The average Bonchev–Trinajstić information content (AvgIpc) is 0.780. The van der Waals surface area contributed by atoms with Crippen molar-refractivity contribution in [1.82, 2.24) is 0 Å². The van der Waals surface area contributed by atoms with E-state index in [4.69, 9.17) is 56.8 Å². The number of carbonyl (C=O) groups is 6. The molecule has 18 heteroatoms. The zero-order valence-corrected chi connectivity index (χ0v) is 56.5. The number of rotatable bonds is 42. The highest BCUT2D eigenvalue weighted by Gasteiger charge is 2.28. The van der Waals surface area contributed by atoms with Crippen LogP contribution in [0.25, 0.3) is 32.3 Å². The summed E-state index contributed by atoms with van der Waals surface area (Å²) >= 11 is 0. The second-order valence-electron chi connectivity index (χ2n) is 24.3. The van der Waals surface area contributed by atoms with Crippen LogP contribution in [0.15, 0.2) is 36.4 Å². The molecular formula is C72H108O18. The van der Waals surface area contributed by atoms with Crippen LogP contribution in [0, 0.1) is 0 Å². The van der Waals surface area contributed by atoms with Gasteiger partial charge >= 0.3 is 36.9 Å². The van der Waals surface area contributed by atoms with Crippen LogP contribution in [-0.2, 0) is 28.4 Å². The van der Waals surface area contributed by atoms with Crippen molar-refractivity contribution in [1.29, 1.82) is 0 Å². The quantitative estimate of drug-likeness (QED) is 0.0133. The fourth-order valence-corrected chi connectivity index (χ4v) is 10.7. The SMILES string of the molecule is CCCCCC[C@H](C)OC(=O)Oc1cc2c3cc(OC(=O)O[C@@H](C)CCCCCC)c(OC(=O)O[C@@H](C)CCCCCC)cc3c3cc(OC(=O)O[C@@H](C)CCCCCC)c(OC(=O)O[C@@H](C)CCCCCC)cc3c2cc1OC(=O)O[C@@H](C)CCCCCC. The van der Waals surface area contributed by atoms with Gasteiger partial charge in [-0.1, -0.05) is 157 Å². The molecule has 0 aliphatic heterocycles. The van der Waals surface area contributed by atoms with Crippen molar-refractivity contribution in [2.24, 2.45) is 0 Å². The lowest BCUT2D eigenvalue weighted by Crippen LogP contribution is -2.21. The third kappa shape index (κ3) is 27.8. The molecule has 0 radical (unpaired) electrons. The first kappa shape index (κ1) is 75.7. The fraction of sp³-hybridized carbons (Fsp3) is 0.667. The van der Waals surface area contributed by atoms with Crippen molar-refractivity contribution in [2.75, 3.05) is 0 Å². The van der Waals surface area contributed by atoms with Gasteiger partial charge in [0.05, 0.1) is 0 Å². The van der Waals surface area contributed by atoms with Crippen molar-refractivity contribution in [2.45, 2.75) is 312 Å². The van der Waals surface area contributed by atoms with E-state index in [1.54, 1.807) is 41.5 Å². The molecule has 0 aliphatic carbocycles. The van der Waals surface area contributed by atoms with E-state index in [0.717, 1.165) is 154 Å². The molecule has 0 amide bonds. The Labute approximate surface area is 536 Å². The molecule has 6 atom stereocenters. The molecule has 4 rings (SSSR count). The standard InChI is InChI=1S/C72H108O18/c1-13-19-25-31-37-49(7)79-67(73)85-61-43-55-56(44-62(61)86-68(74)80-50(8)38-32-26-20-14-2)58-46-64(88-70(76)82-52(10)40-34-28-22-16-4)66(90-72(78)84-54(12)42-36-30-24-18-6)48-60(58)59-47-65(89-71(77)83-53(11)41-35-29-23-17-5)63(45-57(55)59)87-69(75)81-51(9)39-33-27-21-15-3/h43-54H,13-42H2,1-12H3/t49-,50-,51-,52-,53-,54-/m0/s1. The highest BCUT2D eigenvalue weighted by Crippen LogP contribution is 2.48. The van der Waals surface area contributed by atoms with Crippen LogP contribution in [0.5, 0.6) is 34.5 Å². The molecule has 0 aromatic heterocycles. The molecule has 0 saturated heterocycles. The molecule has 0 heterocycles. The van der Waals surface area contributed by atoms with Gasteiger partial charge in [-0.3, -0.25) is 0 Å². The molecule has 18 nitrogen and oxygen atoms in total. The normalized spacial score (nSPS) is 13.3. The van der Waals surface area contributed by atoms with Gasteiger partial charge in [0.25, 0.3) is 0 Å². The Balaban J connectivity index is 2.11. The molecule has 504 valence electrons. The second kappa shape index (κ2) is 42.4. The Morgan fingerprint density at radius 1 is 0.233 bits per heavy atom. The molecule has 90 heavy (non-hydrogen) atoms. The minimum atomic E-state index is -1.08. The van der Waals surface area contributed by atoms with Gasteiger partial charge < -0.3 is 56.8 Å². The Morgan fingerprint density at radius 3 is 0.489 bits per heavy atom. The highest BCUT2D eigenvalue weighted by atomic mass is 16.8. The summed E-state index contributed by atoms with van der Waals surface area (Å²) in [5.41, 5.74) is 0. The van der Waals surface area contributed by atoms with Crippen molar-refractivity contribution >= 4 is 69.2 Å². The summed E-state index contributed by atoms with van der Waals surface area (Å²) in [6, 6.07) is 8.72. The zero-order chi connectivity index (χ0) is 65.8. The molecule has 0 saturated carbocycles. The smallest absolute Gasteiger partial charge is 0.431 e. The van der Waals surface area contributed by atoms with E-state index >= 15 is 0 Å². The van der Waals surface area contributed by atoms with Gasteiger partial charge in [0, 0.05) is 0 Å². The summed E-state index contributed by atoms with van der Waals surface area (Å²) in [4.78, 5) is 83.4. The molecule has 4 aromatic rings. The van der Waals surface area contributed by atoms with Crippen molar-refractivity contribution in [3.05, 3.63) is 36.4 Å². The van der Waals surface area contributed by atoms with Gasteiger partial charge in [0.15, 0.2) is 34.5 Å². The first-order valence-electron chi connectivity index (χ1n) is 34.2. The number of benzene rings is 4. The summed E-state index contributed by atoms with van der Waals surface area (Å²) in [6.07, 6.45) is 16.8. The lowest BCUT2D eigenvalue weighted by atomic mass is 9.93. The third-order valence-electron chi connectivity index (χ3n) is 15.9. The van der Waals surface area contributed by atoms with Crippen molar-refractivity contribution in [3.63, 3.8) is 0 Å². The van der Waals surface area contributed by atoms with E-state index in [1.165, 1.54) is 36.4 Å². The minimum absolute atomic E-state index is 0.256. The third-order valence-corrected chi connectivity index (χ3v) is 15.9. The predicted octanol–water partition coefficient (Wildman–Crippen LogP) is 22.4. The van der Waals surface area contributed by atoms with Gasteiger partial charge in [-0.25, -0.2) is 28.8 Å². The molecule has 0 spiro atoms. The van der Waals surface area contributed by atoms with Gasteiger partial charge in [0.2, 0.25) is 0 Å². The number of ether oxygens (including phenoxy) is 12. The number of fused-ring (bicyclic) bond motifs is 6. The summed E-state index contributed by atoms with van der Waals surface area (Å²) in [7, 11) is 0. The maximum atomic E-state index is 13.9.